The van der Waals surface area contributed by atoms with Gasteiger partial charge in [0, 0.05) is 18.5 Å². The lowest BCUT2D eigenvalue weighted by Crippen LogP contribution is -2.25. The van der Waals surface area contributed by atoms with Crippen LogP contribution < -0.4 is 11.1 Å². The first-order valence-electron chi connectivity index (χ1n) is 5.23. The van der Waals surface area contributed by atoms with Crippen molar-refractivity contribution >= 4 is 11.0 Å². The summed E-state index contributed by atoms with van der Waals surface area (Å²) in [7, 11) is 0. The van der Waals surface area contributed by atoms with Crippen LogP contribution in [0.25, 0.3) is 11.0 Å². The van der Waals surface area contributed by atoms with Gasteiger partial charge in [-0.05, 0) is 19.1 Å². The lowest BCUT2D eigenvalue weighted by atomic mass is 10.2. The molecule has 0 aliphatic carbocycles. The van der Waals surface area contributed by atoms with Crippen molar-refractivity contribution in [1.29, 1.82) is 0 Å². The Bertz CT molecular complexity index is 403. The van der Waals surface area contributed by atoms with Crippen molar-refractivity contribution in [3.05, 3.63) is 36.1 Å². The molecule has 1 aromatic heterocycles. The average Bonchev–Trinajstić information content (AvgIpc) is 2.69. The number of fused-ring (bicyclic) bond motifs is 1. The lowest BCUT2D eigenvalue weighted by Gasteiger charge is -2.09. The molecule has 0 spiro atoms. The molecule has 3 N–H and O–H groups in total. The second-order valence-corrected chi connectivity index (χ2v) is 3.65. The van der Waals surface area contributed by atoms with Gasteiger partial charge in [0.1, 0.15) is 11.3 Å². The zero-order valence-electron chi connectivity index (χ0n) is 8.86. The van der Waals surface area contributed by atoms with Gasteiger partial charge in [-0.3, -0.25) is 0 Å². The van der Waals surface area contributed by atoms with Crippen molar-refractivity contribution in [3.8, 4) is 0 Å². The van der Waals surface area contributed by atoms with Gasteiger partial charge in [-0.25, -0.2) is 0 Å². The molecule has 3 heteroatoms. The second-order valence-electron chi connectivity index (χ2n) is 3.65. The van der Waals surface area contributed by atoms with E-state index in [4.69, 9.17) is 10.2 Å². The minimum absolute atomic E-state index is 0.209. The molecule has 0 radical (unpaired) electrons. The van der Waals surface area contributed by atoms with E-state index in [0.29, 0.717) is 6.54 Å². The van der Waals surface area contributed by atoms with Gasteiger partial charge in [-0.15, -0.1) is 0 Å². The Balaban J connectivity index is 2.20. The first-order valence-corrected chi connectivity index (χ1v) is 5.23. The van der Waals surface area contributed by atoms with Crippen molar-refractivity contribution in [2.45, 2.75) is 13.0 Å². The Morgan fingerprint density at radius 1 is 1.40 bits per heavy atom. The highest BCUT2D eigenvalue weighted by Gasteiger charge is 2.09. The van der Waals surface area contributed by atoms with Crippen LogP contribution in [-0.4, -0.2) is 13.1 Å². The number of furan rings is 1. The Kier molecular flexibility index (Phi) is 3.04. The summed E-state index contributed by atoms with van der Waals surface area (Å²) in [6.07, 6.45) is 0. The largest absolute Gasteiger partial charge is 0.459 e. The zero-order valence-corrected chi connectivity index (χ0v) is 8.86. The highest BCUT2D eigenvalue weighted by molar-refractivity contribution is 5.77. The summed E-state index contributed by atoms with van der Waals surface area (Å²) in [5, 5.41) is 4.44. The van der Waals surface area contributed by atoms with E-state index in [1.165, 1.54) is 0 Å². The molecule has 0 aliphatic rings. The van der Waals surface area contributed by atoms with Gasteiger partial charge in [0.2, 0.25) is 0 Å². The van der Waals surface area contributed by atoms with Crippen LogP contribution in [0.4, 0.5) is 0 Å². The van der Waals surface area contributed by atoms with E-state index in [9.17, 15) is 0 Å². The van der Waals surface area contributed by atoms with Crippen LogP contribution in [0.2, 0.25) is 0 Å². The Labute approximate surface area is 89.3 Å². The molecule has 15 heavy (non-hydrogen) atoms. The number of benzene rings is 1. The Morgan fingerprint density at radius 2 is 2.20 bits per heavy atom. The van der Waals surface area contributed by atoms with Crippen molar-refractivity contribution < 1.29 is 4.42 Å². The van der Waals surface area contributed by atoms with Gasteiger partial charge < -0.3 is 15.5 Å². The molecule has 1 unspecified atom stereocenters. The predicted molar refractivity (Wildman–Crippen MR) is 61.7 cm³/mol. The fraction of sp³-hybridized carbons (Fsp3) is 0.333. The van der Waals surface area contributed by atoms with Gasteiger partial charge in [-0.2, -0.15) is 0 Å². The van der Waals surface area contributed by atoms with E-state index in [1.807, 2.05) is 18.2 Å². The summed E-state index contributed by atoms with van der Waals surface area (Å²) in [5.74, 6) is 0.963. The molecular weight excluding hydrogens is 188 g/mol. The first kappa shape index (κ1) is 10.2. The van der Waals surface area contributed by atoms with Gasteiger partial charge in [0.15, 0.2) is 0 Å². The third-order valence-electron chi connectivity index (χ3n) is 2.47. The van der Waals surface area contributed by atoms with Crippen molar-refractivity contribution in [3.63, 3.8) is 0 Å². The SMILES string of the molecule is CC(NCCN)c1cc2ccccc2o1. The normalized spacial score (nSPS) is 13.2. The number of hydrogen-bond donors (Lipinski definition) is 2. The second kappa shape index (κ2) is 4.47. The molecule has 0 amide bonds. The van der Waals surface area contributed by atoms with E-state index in [-0.39, 0.29) is 6.04 Å². The summed E-state index contributed by atoms with van der Waals surface area (Å²) < 4.78 is 5.72. The van der Waals surface area contributed by atoms with Gasteiger partial charge in [0.05, 0.1) is 6.04 Å². The summed E-state index contributed by atoms with van der Waals surface area (Å²) in [5.41, 5.74) is 6.38. The van der Waals surface area contributed by atoms with E-state index >= 15 is 0 Å². The summed E-state index contributed by atoms with van der Waals surface area (Å²) in [6, 6.07) is 10.3. The molecule has 0 saturated carbocycles. The van der Waals surface area contributed by atoms with Crippen LogP contribution in [0.3, 0.4) is 0 Å². The quantitative estimate of drug-likeness (QED) is 0.801. The molecule has 2 aromatic rings. The Hall–Kier alpha value is -1.32. The topological polar surface area (TPSA) is 51.2 Å². The predicted octanol–water partition coefficient (Wildman–Crippen LogP) is 2.04. The van der Waals surface area contributed by atoms with Crippen LogP contribution >= 0.6 is 0 Å². The van der Waals surface area contributed by atoms with Crippen molar-refractivity contribution in [2.75, 3.05) is 13.1 Å². The van der Waals surface area contributed by atoms with Crippen LogP contribution in [0.5, 0.6) is 0 Å². The fourth-order valence-electron chi connectivity index (χ4n) is 1.62. The molecule has 2 rings (SSSR count). The number of rotatable bonds is 4. The molecule has 0 fully saturated rings. The first-order chi connectivity index (χ1) is 7.31. The maximum atomic E-state index is 5.72. The molecule has 1 atom stereocenters. The van der Waals surface area contributed by atoms with Gasteiger partial charge in [0.25, 0.3) is 0 Å². The van der Waals surface area contributed by atoms with Crippen LogP contribution in [0.15, 0.2) is 34.7 Å². The monoisotopic (exact) mass is 204 g/mol. The van der Waals surface area contributed by atoms with E-state index in [0.717, 1.165) is 23.3 Å². The van der Waals surface area contributed by atoms with Crippen molar-refractivity contribution in [1.82, 2.24) is 5.32 Å². The van der Waals surface area contributed by atoms with Crippen molar-refractivity contribution in [2.24, 2.45) is 5.73 Å². The highest BCUT2D eigenvalue weighted by Crippen LogP contribution is 2.23. The molecule has 80 valence electrons. The van der Waals surface area contributed by atoms with Gasteiger partial charge >= 0.3 is 0 Å². The summed E-state index contributed by atoms with van der Waals surface area (Å²) in [4.78, 5) is 0. The zero-order chi connectivity index (χ0) is 10.7. The minimum atomic E-state index is 0.209. The van der Waals surface area contributed by atoms with Crippen LogP contribution in [0.1, 0.15) is 18.7 Å². The number of hydrogen-bond acceptors (Lipinski definition) is 3. The summed E-state index contributed by atoms with van der Waals surface area (Å²) >= 11 is 0. The number of para-hydroxylation sites is 1. The third-order valence-corrected chi connectivity index (χ3v) is 2.47. The van der Waals surface area contributed by atoms with Crippen LogP contribution in [0, 0.1) is 0 Å². The van der Waals surface area contributed by atoms with E-state index in [1.54, 1.807) is 0 Å². The fourth-order valence-corrected chi connectivity index (χ4v) is 1.62. The molecule has 0 saturated heterocycles. The molecule has 1 aromatic carbocycles. The third kappa shape index (κ3) is 2.19. The standard InChI is InChI=1S/C12H16N2O/c1-9(14-7-6-13)12-8-10-4-2-3-5-11(10)15-12/h2-5,8-9,14H,6-7,13H2,1H3. The molecule has 3 nitrogen and oxygen atoms in total. The Morgan fingerprint density at radius 3 is 2.93 bits per heavy atom. The number of nitrogens with one attached hydrogen (secondary N) is 1. The number of nitrogens with two attached hydrogens (primary N) is 1. The van der Waals surface area contributed by atoms with E-state index < -0.39 is 0 Å². The lowest BCUT2D eigenvalue weighted by molar-refractivity contribution is 0.455. The molecule has 1 heterocycles. The minimum Gasteiger partial charge on any atom is -0.459 e. The molecule has 0 aliphatic heterocycles. The van der Waals surface area contributed by atoms with Crippen LogP contribution in [-0.2, 0) is 0 Å². The smallest absolute Gasteiger partial charge is 0.134 e. The maximum Gasteiger partial charge on any atom is 0.134 e. The van der Waals surface area contributed by atoms with Gasteiger partial charge in [-0.1, -0.05) is 18.2 Å². The maximum absolute atomic E-state index is 5.72. The summed E-state index contributed by atoms with van der Waals surface area (Å²) in [6.45, 7) is 3.52. The molecule has 0 bridgehead atoms. The highest BCUT2D eigenvalue weighted by atomic mass is 16.3. The molecular formula is C12H16N2O. The average molecular weight is 204 g/mol. The van der Waals surface area contributed by atoms with E-state index in [2.05, 4.69) is 24.4 Å².